The third-order valence-electron chi connectivity index (χ3n) is 1.24. The third-order valence-corrected chi connectivity index (χ3v) is 1.24. The zero-order valence-electron chi connectivity index (χ0n) is 6.09. The average Bonchev–Trinajstić information content (AvgIpc) is 2.38. The molecule has 1 aromatic rings. The lowest BCUT2D eigenvalue weighted by atomic mass is 10.2. The second-order valence-corrected chi connectivity index (χ2v) is 1.96. The molecule has 1 N–H and O–H groups in total. The van der Waals surface area contributed by atoms with E-state index in [-0.39, 0.29) is 0 Å². The number of aromatic amines is 1. The highest BCUT2D eigenvalue weighted by molar-refractivity contribution is 5.98. The van der Waals surface area contributed by atoms with E-state index in [1.165, 1.54) is 7.11 Å². The summed E-state index contributed by atoms with van der Waals surface area (Å²) in [5.74, 6) is 0. The summed E-state index contributed by atoms with van der Waals surface area (Å²) in [6.45, 7) is 1.90. The summed E-state index contributed by atoms with van der Waals surface area (Å²) in [6.07, 6.45) is 3.72. The number of nitrogens with one attached hydrogen (secondary N) is 1. The van der Waals surface area contributed by atoms with Crippen LogP contribution in [0.2, 0.25) is 0 Å². The summed E-state index contributed by atoms with van der Waals surface area (Å²) in [5, 5.41) is 3.76. The largest absolute Gasteiger partial charge is 0.399 e. The van der Waals surface area contributed by atoms with Gasteiger partial charge in [-0.25, -0.2) is 0 Å². The van der Waals surface area contributed by atoms with Crippen molar-refractivity contribution in [3.8, 4) is 0 Å². The Bertz CT molecular complexity index is 214. The Kier molecular flexibility index (Phi) is 2.10. The van der Waals surface area contributed by atoms with Crippen LogP contribution in [0.5, 0.6) is 0 Å². The summed E-state index contributed by atoms with van der Waals surface area (Å²) >= 11 is 0. The van der Waals surface area contributed by atoms with Crippen LogP contribution >= 0.6 is 0 Å². The average molecular weight is 138 g/mol. The molecule has 0 aliphatic heterocycles. The highest BCUT2D eigenvalue weighted by Gasteiger charge is 1.94. The Labute approximate surface area is 59.7 Å². The minimum absolute atomic E-state index is 0.878. The van der Waals surface area contributed by atoms with Crippen molar-refractivity contribution in [1.29, 1.82) is 0 Å². The van der Waals surface area contributed by atoms with Gasteiger partial charge in [-0.05, 0) is 13.0 Å². The second kappa shape index (κ2) is 3.06. The molecule has 0 bridgehead atoms. The minimum Gasteiger partial charge on any atom is -0.399 e. The summed E-state index contributed by atoms with van der Waals surface area (Å²) < 4.78 is 0. The van der Waals surface area contributed by atoms with Crippen LogP contribution in [0.25, 0.3) is 0 Å². The van der Waals surface area contributed by atoms with Gasteiger partial charge in [-0.15, -0.1) is 0 Å². The van der Waals surface area contributed by atoms with Gasteiger partial charge >= 0.3 is 0 Å². The highest BCUT2D eigenvalue weighted by Crippen LogP contribution is 1.98. The predicted octanol–water partition coefficient (Wildman–Crippen LogP) is 1.39. The zero-order chi connectivity index (χ0) is 7.40. The fourth-order valence-corrected chi connectivity index (χ4v) is 0.739. The maximum Gasteiger partial charge on any atom is 0.106 e. The van der Waals surface area contributed by atoms with Crippen molar-refractivity contribution in [2.75, 3.05) is 7.11 Å². The molecule has 1 heterocycles. The lowest BCUT2D eigenvalue weighted by Crippen LogP contribution is -1.91. The van der Waals surface area contributed by atoms with Gasteiger partial charge in [0.15, 0.2) is 0 Å². The van der Waals surface area contributed by atoms with Gasteiger partial charge in [0, 0.05) is 18.0 Å². The van der Waals surface area contributed by atoms with Gasteiger partial charge in [-0.2, -0.15) is 0 Å². The normalized spacial score (nSPS) is 11.6. The van der Waals surface area contributed by atoms with E-state index in [0.29, 0.717) is 0 Å². The Hall–Kier alpha value is -1.25. The van der Waals surface area contributed by atoms with Gasteiger partial charge in [0.05, 0.1) is 5.71 Å². The minimum atomic E-state index is 0.878. The van der Waals surface area contributed by atoms with Crippen molar-refractivity contribution in [3.63, 3.8) is 0 Å². The Balaban J connectivity index is 2.77. The lowest BCUT2D eigenvalue weighted by Gasteiger charge is -1.92. The Morgan fingerprint density at radius 2 is 2.50 bits per heavy atom. The van der Waals surface area contributed by atoms with Crippen molar-refractivity contribution in [1.82, 2.24) is 4.98 Å². The maximum atomic E-state index is 4.60. The molecule has 0 unspecified atom stereocenters. The molecule has 0 radical (unpaired) electrons. The molecular formula is C7H10N2O. The van der Waals surface area contributed by atoms with Crippen LogP contribution in [0, 0.1) is 0 Å². The zero-order valence-corrected chi connectivity index (χ0v) is 6.09. The molecule has 0 atom stereocenters. The van der Waals surface area contributed by atoms with Gasteiger partial charge in [0.1, 0.15) is 7.11 Å². The summed E-state index contributed by atoms with van der Waals surface area (Å²) in [4.78, 5) is 7.53. The van der Waals surface area contributed by atoms with E-state index in [9.17, 15) is 0 Å². The fourth-order valence-electron chi connectivity index (χ4n) is 0.739. The molecule has 1 rings (SSSR count). The van der Waals surface area contributed by atoms with E-state index in [2.05, 4.69) is 15.0 Å². The molecule has 0 fully saturated rings. The molecule has 0 aliphatic rings. The van der Waals surface area contributed by atoms with Gasteiger partial charge < -0.3 is 9.82 Å². The van der Waals surface area contributed by atoms with E-state index in [1.54, 1.807) is 0 Å². The quantitative estimate of drug-likeness (QED) is 0.486. The van der Waals surface area contributed by atoms with Crippen LogP contribution < -0.4 is 0 Å². The van der Waals surface area contributed by atoms with Crippen LogP contribution in [-0.2, 0) is 4.84 Å². The monoisotopic (exact) mass is 138 g/mol. The maximum absolute atomic E-state index is 4.60. The standard InChI is InChI=1S/C7H10N2O/c1-6(9-10-2)7-3-4-8-5-7/h3-5,8H,1-2H3. The first-order valence-electron chi connectivity index (χ1n) is 3.05. The number of nitrogens with zero attached hydrogens (tertiary/aromatic N) is 1. The van der Waals surface area contributed by atoms with Gasteiger partial charge in [-0.3, -0.25) is 0 Å². The molecule has 10 heavy (non-hydrogen) atoms. The molecule has 0 aromatic carbocycles. The topological polar surface area (TPSA) is 37.4 Å². The molecule has 0 spiro atoms. The number of aromatic nitrogens is 1. The van der Waals surface area contributed by atoms with Crippen LogP contribution in [0.4, 0.5) is 0 Å². The van der Waals surface area contributed by atoms with E-state index < -0.39 is 0 Å². The van der Waals surface area contributed by atoms with E-state index in [0.717, 1.165) is 11.3 Å². The van der Waals surface area contributed by atoms with E-state index in [4.69, 9.17) is 0 Å². The van der Waals surface area contributed by atoms with Crippen molar-refractivity contribution in [2.45, 2.75) is 6.92 Å². The molecular weight excluding hydrogens is 128 g/mol. The van der Waals surface area contributed by atoms with Gasteiger partial charge in [-0.1, -0.05) is 5.16 Å². The molecule has 0 saturated carbocycles. The molecule has 54 valence electrons. The number of hydrogen-bond donors (Lipinski definition) is 1. The molecule has 1 aromatic heterocycles. The fraction of sp³-hybridized carbons (Fsp3) is 0.286. The van der Waals surface area contributed by atoms with Gasteiger partial charge in [0.2, 0.25) is 0 Å². The lowest BCUT2D eigenvalue weighted by molar-refractivity contribution is 0.213. The number of H-pyrrole nitrogens is 1. The van der Waals surface area contributed by atoms with Crippen LogP contribution in [0.3, 0.4) is 0 Å². The summed E-state index contributed by atoms with van der Waals surface area (Å²) in [7, 11) is 1.54. The number of oxime groups is 1. The molecule has 0 saturated heterocycles. The van der Waals surface area contributed by atoms with E-state index >= 15 is 0 Å². The smallest absolute Gasteiger partial charge is 0.106 e. The summed E-state index contributed by atoms with van der Waals surface area (Å²) in [5.41, 5.74) is 1.94. The molecule has 0 amide bonds. The molecule has 3 heteroatoms. The molecule has 0 aliphatic carbocycles. The van der Waals surface area contributed by atoms with Crippen molar-refractivity contribution < 1.29 is 4.84 Å². The van der Waals surface area contributed by atoms with Crippen LogP contribution in [0.1, 0.15) is 12.5 Å². The second-order valence-electron chi connectivity index (χ2n) is 1.96. The number of rotatable bonds is 2. The Morgan fingerprint density at radius 1 is 1.70 bits per heavy atom. The molecule has 3 nitrogen and oxygen atoms in total. The first-order valence-corrected chi connectivity index (χ1v) is 3.05. The SMILES string of the molecule is CON=C(C)c1cc[nH]c1. The highest BCUT2D eigenvalue weighted by atomic mass is 16.6. The van der Waals surface area contributed by atoms with Crippen molar-refractivity contribution in [3.05, 3.63) is 24.0 Å². The van der Waals surface area contributed by atoms with Crippen molar-refractivity contribution in [2.24, 2.45) is 5.16 Å². The van der Waals surface area contributed by atoms with E-state index in [1.807, 2.05) is 25.4 Å². The predicted molar refractivity (Wildman–Crippen MR) is 40.0 cm³/mol. The first-order chi connectivity index (χ1) is 4.84. The summed E-state index contributed by atoms with van der Waals surface area (Å²) in [6, 6.07) is 1.94. The van der Waals surface area contributed by atoms with Crippen LogP contribution in [0.15, 0.2) is 23.6 Å². The third kappa shape index (κ3) is 1.37. The van der Waals surface area contributed by atoms with Crippen molar-refractivity contribution >= 4 is 5.71 Å². The first kappa shape index (κ1) is 6.86. The van der Waals surface area contributed by atoms with Gasteiger partial charge in [0.25, 0.3) is 0 Å². The number of hydrogen-bond acceptors (Lipinski definition) is 2. The van der Waals surface area contributed by atoms with Crippen LogP contribution in [-0.4, -0.2) is 17.8 Å². The Morgan fingerprint density at radius 3 is 3.00 bits per heavy atom.